The Hall–Kier alpha value is -3.11. The van der Waals surface area contributed by atoms with Gasteiger partial charge in [0.1, 0.15) is 0 Å². The molecule has 0 unspecified atom stereocenters. The molecule has 4 aromatic rings. The fraction of sp³-hybridized carbons (Fsp3) is 0.0476. The third-order valence-electron chi connectivity index (χ3n) is 4.27. The van der Waals surface area contributed by atoms with Gasteiger partial charge in [-0.2, -0.15) is 0 Å². The van der Waals surface area contributed by atoms with E-state index in [9.17, 15) is 4.79 Å². The highest BCUT2D eigenvalue weighted by Gasteiger charge is 2.09. The summed E-state index contributed by atoms with van der Waals surface area (Å²) in [6.07, 6.45) is 3.68. The fourth-order valence-corrected chi connectivity index (χ4v) is 3.00. The number of H-pyrrole nitrogens is 1. The van der Waals surface area contributed by atoms with Crippen molar-refractivity contribution in [3.8, 4) is 11.3 Å². The highest BCUT2D eigenvalue weighted by Crippen LogP contribution is 2.25. The molecule has 0 atom stereocenters. The van der Waals surface area contributed by atoms with E-state index in [1.54, 1.807) is 6.20 Å². The molecule has 0 bridgehead atoms. The topological polar surface area (TPSA) is 57.8 Å². The maximum Gasteiger partial charge on any atom is 0.251 e. The number of fused-ring (bicyclic) bond motifs is 1. The van der Waals surface area contributed by atoms with E-state index in [1.165, 1.54) is 0 Å². The molecular weight excluding hydrogens is 346 g/mol. The minimum Gasteiger partial charge on any atom is -0.361 e. The summed E-state index contributed by atoms with van der Waals surface area (Å²) in [6.45, 7) is 0.460. The number of carbonyl (C=O) groups excluding carboxylic acids is 1. The Kier molecular flexibility index (Phi) is 4.42. The summed E-state index contributed by atoms with van der Waals surface area (Å²) < 4.78 is 0. The Labute approximate surface area is 155 Å². The van der Waals surface area contributed by atoms with Crippen LogP contribution < -0.4 is 5.32 Å². The number of hydrogen-bond donors (Lipinski definition) is 2. The van der Waals surface area contributed by atoms with Crippen LogP contribution in [0.25, 0.3) is 22.2 Å². The van der Waals surface area contributed by atoms with Crippen molar-refractivity contribution in [3.05, 3.63) is 89.2 Å². The van der Waals surface area contributed by atoms with Crippen molar-refractivity contribution in [2.24, 2.45) is 0 Å². The number of pyridine rings is 1. The molecule has 0 saturated heterocycles. The van der Waals surface area contributed by atoms with Gasteiger partial charge in [0.2, 0.25) is 0 Å². The number of hydrogen-bond acceptors (Lipinski definition) is 2. The van der Waals surface area contributed by atoms with E-state index < -0.39 is 0 Å². The van der Waals surface area contributed by atoms with Gasteiger partial charge in [0.15, 0.2) is 0 Å². The molecule has 0 radical (unpaired) electrons. The van der Waals surface area contributed by atoms with Crippen molar-refractivity contribution in [2.75, 3.05) is 0 Å². The quantitative estimate of drug-likeness (QED) is 0.547. The second kappa shape index (κ2) is 7.02. The second-order valence-corrected chi connectivity index (χ2v) is 6.42. The Balaban J connectivity index is 1.49. The van der Waals surface area contributed by atoms with E-state index in [4.69, 9.17) is 11.6 Å². The van der Waals surface area contributed by atoms with E-state index in [0.29, 0.717) is 17.1 Å². The minimum absolute atomic E-state index is 0.112. The molecule has 2 heterocycles. The predicted octanol–water partition coefficient (Wildman–Crippen LogP) is 4.81. The van der Waals surface area contributed by atoms with Gasteiger partial charge in [-0.3, -0.25) is 9.78 Å². The third kappa shape index (κ3) is 3.32. The number of halogens is 1. The molecule has 1 amide bonds. The molecule has 5 heteroatoms. The van der Waals surface area contributed by atoms with Crippen LogP contribution in [0.2, 0.25) is 5.02 Å². The highest BCUT2D eigenvalue weighted by molar-refractivity contribution is 6.30. The van der Waals surface area contributed by atoms with Crippen LogP contribution in [0.1, 0.15) is 15.9 Å². The predicted molar refractivity (Wildman–Crippen MR) is 104 cm³/mol. The van der Waals surface area contributed by atoms with Gasteiger partial charge in [0.25, 0.3) is 5.91 Å². The third-order valence-corrected chi connectivity index (χ3v) is 4.52. The van der Waals surface area contributed by atoms with Crippen molar-refractivity contribution in [1.82, 2.24) is 15.3 Å². The molecule has 0 spiro atoms. The normalized spacial score (nSPS) is 10.8. The number of aromatic amines is 1. The number of aromatic nitrogens is 2. The first kappa shape index (κ1) is 16.4. The largest absolute Gasteiger partial charge is 0.361 e. The molecule has 26 heavy (non-hydrogen) atoms. The summed E-state index contributed by atoms with van der Waals surface area (Å²) in [7, 11) is 0. The van der Waals surface area contributed by atoms with Gasteiger partial charge < -0.3 is 10.3 Å². The van der Waals surface area contributed by atoms with Crippen LogP contribution in [0.4, 0.5) is 0 Å². The molecule has 0 aliphatic carbocycles. The van der Waals surface area contributed by atoms with E-state index in [2.05, 4.69) is 15.3 Å². The lowest BCUT2D eigenvalue weighted by atomic mass is 10.1. The van der Waals surface area contributed by atoms with Gasteiger partial charge in [-0.25, -0.2) is 0 Å². The molecule has 4 nitrogen and oxygen atoms in total. The standard InChI is InChI=1S/C21H16ClN3O/c22-17-7-1-14(2-8-17)13-25-21(26)16-5-3-15(4-6-16)20-18-9-11-23-19(18)10-12-24-20/h1-12,23H,13H2,(H,25,26). The molecule has 2 aromatic carbocycles. The lowest BCUT2D eigenvalue weighted by Gasteiger charge is -2.07. The molecule has 0 fully saturated rings. The van der Waals surface area contributed by atoms with Crippen molar-refractivity contribution in [2.45, 2.75) is 6.54 Å². The smallest absolute Gasteiger partial charge is 0.251 e. The maximum atomic E-state index is 12.3. The lowest BCUT2D eigenvalue weighted by Crippen LogP contribution is -2.22. The summed E-state index contributed by atoms with van der Waals surface area (Å²) in [5, 5.41) is 4.66. The first-order valence-electron chi connectivity index (χ1n) is 8.26. The van der Waals surface area contributed by atoms with E-state index in [0.717, 1.165) is 27.7 Å². The van der Waals surface area contributed by atoms with Crippen LogP contribution in [0.15, 0.2) is 73.1 Å². The van der Waals surface area contributed by atoms with Crippen LogP contribution >= 0.6 is 11.6 Å². The van der Waals surface area contributed by atoms with Crippen molar-refractivity contribution in [1.29, 1.82) is 0 Å². The molecule has 0 aliphatic heterocycles. The summed E-state index contributed by atoms with van der Waals surface area (Å²) in [5.41, 5.74) is 4.53. The maximum absolute atomic E-state index is 12.3. The average molecular weight is 362 g/mol. The first-order chi connectivity index (χ1) is 12.7. The Morgan fingerprint density at radius 3 is 2.54 bits per heavy atom. The lowest BCUT2D eigenvalue weighted by molar-refractivity contribution is 0.0951. The van der Waals surface area contributed by atoms with Crippen LogP contribution in [0.5, 0.6) is 0 Å². The number of carbonyl (C=O) groups is 1. The Morgan fingerprint density at radius 2 is 1.77 bits per heavy atom. The number of rotatable bonds is 4. The van der Waals surface area contributed by atoms with Gasteiger partial charge in [-0.15, -0.1) is 0 Å². The van der Waals surface area contributed by atoms with Gasteiger partial charge in [-0.1, -0.05) is 35.9 Å². The monoisotopic (exact) mass is 361 g/mol. The summed E-state index contributed by atoms with van der Waals surface area (Å²) in [4.78, 5) is 20.0. The zero-order chi connectivity index (χ0) is 17.9. The Bertz CT molecular complexity index is 1050. The molecule has 4 rings (SSSR count). The van der Waals surface area contributed by atoms with E-state index in [-0.39, 0.29) is 5.91 Å². The molecule has 2 aromatic heterocycles. The summed E-state index contributed by atoms with van der Waals surface area (Å²) >= 11 is 5.87. The van der Waals surface area contributed by atoms with Gasteiger partial charge >= 0.3 is 0 Å². The molecule has 2 N–H and O–H groups in total. The molecule has 0 aliphatic rings. The molecule has 128 valence electrons. The van der Waals surface area contributed by atoms with Gasteiger partial charge in [0, 0.05) is 46.0 Å². The fourth-order valence-electron chi connectivity index (χ4n) is 2.88. The van der Waals surface area contributed by atoms with Crippen LogP contribution in [-0.4, -0.2) is 15.9 Å². The van der Waals surface area contributed by atoms with Gasteiger partial charge in [0.05, 0.1) is 5.69 Å². The van der Waals surface area contributed by atoms with Crippen LogP contribution in [0, 0.1) is 0 Å². The summed E-state index contributed by atoms with van der Waals surface area (Å²) in [6, 6.07) is 18.8. The summed E-state index contributed by atoms with van der Waals surface area (Å²) in [5.74, 6) is -0.112. The zero-order valence-electron chi connectivity index (χ0n) is 13.9. The second-order valence-electron chi connectivity index (χ2n) is 5.98. The van der Waals surface area contributed by atoms with Gasteiger partial charge in [-0.05, 0) is 42.0 Å². The van der Waals surface area contributed by atoms with E-state index >= 15 is 0 Å². The number of amides is 1. The first-order valence-corrected chi connectivity index (χ1v) is 8.64. The van der Waals surface area contributed by atoms with E-state index in [1.807, 2.05) is 66.9 Å². The van der Waals surface area contributed by atoms with Crippen molar-refractivity contribution < 1.29 is 4.79 Å². The SMILES string of the molecule is O=C(NCc1ccc(Cl)cc1)c1ccc(-c2nccc3[nH]ccc23)cc1. The van der Waals surface area contributed by atoms with Crippen molar-refractivity contribution >= 4 is 28.4 Å². The Morgan fingerprint density at radius 1 is 1.00 bits per heavy atom. The van der Waals surface area contributed by atoms with Crippen molar-refractivity contribution in [3.63, 3.8) is 0 Å². The highest BCUT2D eigenvalue weighted by atomic mass is 35.5. The number of nitrogens with zero attached hydrogens (tertiary/aromatic N) is 1. The number of nitrogens with one attached hydrogen (secondary N) is 2. The molecular formula is C21H16ClN3O. The van der Waals surface area contributed by atoms with Crippen LogP contribution in [-0.2, 0) is 6.54 Å². The van der Waals surface area contributed by atoms with Crippen LogP contribution in [0.3, 0.4) is 0 Å². The zero-order valence-corrected chi connectivity index (χ0v) is 14.6. The average Bonchev–Trinajstić information content (AvgIpc) is 3.16. The minimum atomic E-state index is -0.112. The number of benzene rings is 2. The molecule has 0 saturated carbocycles.